The van der Waals surface area contributed by atoms with Gasteiger partial charge in [0.2, 0.25) is 5.78 Å². The Kier molecular flexibility index (Phi) is 6.70. The van der Waals surface area contributed by atoms with E-state index >= 15 is 0 Å². The fourth-order valence-corrected chi connectivity index (χ4v) is 5.60. The summed E-state index contributed by atoms with van der Waals surface area (Å²) >= 11 is 0. The van der Waals surface area contributed by atoms with Gasteiger partial charge in [0, 0.05) is 0 Å². The Morgan fingerprint density at radius 3 is 2.17 bits per heavy atom. The number of carbonyl (C=O) groups excluding carboxylic acids is 3. The molecule has 0 saturated heterocycles. The van der Waals surface area contributed by atoms with Crippen molar-refractivity contribution in [2.45, 2.75) is 30.3 Å². The SMILES string of the molecule is CN(C)[C@H]1C(=O)C(C(N)=O)=C(O)[C@@]2(O)C(=O)C3=C(O)c4c(O)cccc4[C@](C)(O)[C@H]3[C@@H](O)[C@@H]12.O.O. The highest BCUT2D eigenvalue weighted by molar-refractivity contribution is 6.24. The Labute approximate surface area is 198 Å². The lowest BCUT2D eigenvalue weighted by Gasteiger charge is -2.55. The highest BCUT2D eigenvalue weighted by Crippen LogP contribution is 2.57. The minimum atomic E-state index is -3.02. The third-order valence-electron chi connectivity index (χ3n) is 7.03. The molecule has 0 heterocycles. The number of aliphatic hydroxyl groups excluding tert-OH is 3. The van der Waals surface area contributed by atoms with Gasteiger partial charge in [-0.3, -0.25) is 19.3 Å². The molecule has 0 aliphatic heterocycles. The number of aromatic hydroxyl groups is 1. The predicted molar refractivity (Wildman–Crippen MR) is 119 cm³/mol. The number of rotatable bonds is 2. The third-order valence-corrected chi connectivity index (χ3v) is 7.03. The predicted octanol–water partition coefficient (Wildman–Crippen LogP) is -3.05. The molecule has 192 valence electrons. The van der Waals surface area contributed by atoms with Crippen LogP contribution in [0.4, 0.5) is 0 Å². The van der Waals surface area contributed by atoms with Crippen molar-refractivity contribution < 1.29 is 56.0 Å². The zero-order chi connectivity index (χ0) is 24.8. The van der Waals surface area contributed by atoms with Crippen LogP contribution in [0.2, 0.25) is 0 Å². The molecule has 4 rings (SSSR count). The molecule has 12 N–H and O–H groups in total. The van der Waals surface area contributed by atoms with Crippen LogP contribution in [-0.4, -0.2) is 95.8 Å². The molecule has 13 nitrogen and oxygen atoms in total. The largest absolute Gasteiger partial charge is 0.508 e. The first-order valence-electron chi connectivity index (χ1n) is 10.1. The zero-order valence-corrected chi connectivity index (χ0v) is 19.0. The fourth-order valence-electron chi connectivity index (χ4n) is 5.60. The van der Waals surface area contributed by atoms with Crippen molar-refractivity contribution in [2.75, 3.05) is 14.1 Å². The van der Waals surface area contributed by atoms with E-state index in [4.69, 9.17) is 5.73 Å². The van der Waals surface area contributed by atoms with E-state index in [2.05, 4.69) is 0 Å². The fraction of sp³-hybridized carbons (Fsp3) is 0.409. The van der Waals surface area contributed by atoms with Crippen molar-refractivity contribution in [1.29, 1.82) is 0 Å². The number of hydrogen-bond donors (Lipinski definition) is 7. The van der Waals surface area contributed by atoms with Gasteiger partial charge in [0.15, 0.2) is 11.4 Å². The van der Waals surface area contributed by atoms with Crippen LogP contribution < -0.4 is 5.73 Å². The number of Topliss-reactive ketones (excluding diaryl/α,β-unsaturated/α-hetero) is 2. The summed E-state index contributed by atoms with van der Waals surface area (Å²) < 4.78 is 0. The first-order chi connectivity index (χ1) is 15.2. The minimum Gasteiger partial charge on any atom is -0.508 e. The molecule has 3 aliphatic carbocycles. The molecule has 1 aromatic rings. The lowest BCUT2D eigenvalue weighted by atomic mass is 9.53. The maximum absolute atomic E-state index is 13.7. The molecule has 1 aromatic carbocycles. The van der Waals surface area contributed by atoms with Crippen LogP contribution >= 0.6 is 0 Å². The number of nitrogens with zero attached hydrogens (tertiary/aromatic N) is 1. The van der Waals surface area contributed by atoms with Gasteiger partial charge in [0.25, 0.3) is 5.91 Å². The maximum Gasteiger partial charge on any atom is 0.255 e. The van der Waals surface area contributed by atoms with Gasteiger partial charge in [-0.15, -0.1) is 0 Å². The number of phenolic OH excluding ortho intramolecular Hbond substituents is 1. The molecular weight excluding hydrogens is 468 g/mol. The minimum absolute atomic E-state index is 0. The smallest absolute Gasteiger partial charge is 0.255 e. The number of hydrogen-bond acceptors (Lipinski definition) is 10. The van der Waals surface area contributed by atoms with Crippen molar-refractivity contribution in [3.63, 3.8) is 0 Å². The first-order valence-corrected chi connectivity index (χ1v) is 10.1. The zero-order valence-electron chi connectivity index (χ0n) is 19.0. The number of phenols is 1. The summed E-state index contributed by atoms with van der Waals surface area (Å²) in [5, 5.41) is 66.3. The van der Waals surface area contributed by atoms with Crippen molar-refractivity contribution >= 4 is 23.2 Å². The lowest BCUT2D eigenvalue weighted by molar-refractivity contribution is -0.181. The monoisotopic (exact) mass is 496 g/mol. The Bertz CT molecular complexity index is 1190. The topological polar surface area (TPSA) is 265 Å². The second kappa shape index (κ2) is 8.41. The quantitative estimate of drug-likeness (QED) is 0.203. The summed E-state index contributed by atoms with van der Waals surface area (Å²) in [7, 11) is 2.80. The Morgan fingerprint density at radius 2 is 1.66 bits per heavy atom. The molecule has 3 aliphatic rings. The summed E-state index contributed by atoms with van der Waals surface area (Å²) in [6.45, 7) is 1.25. The van der Waals surface area contributed by atoms with Crippen LogP contribution in [0.5, 0.6) is 5.75 Å². The summed E-state index contributed by atoms with van der Waals surface area (Å²) in [5.41, 5.74) is -1.78. The van der Waals surface area contributed by atoms with Gasteiger partial charge >= 0.3 is 0 Å². The number of primary amides is 1. The number of nitrogens with two attached hydrogens (primary N) is 1. The van der Waals surface area contributed by atoms with E-state index in [1.54, 1.807) is 0 Å². The van der Waals surface area contributed by atoms with Crippen LogP contribution in [0.15, 0.2) is 35.1 Å². The maximum atomic E-state index is 13.7. The molecule has 1 saturated carbocycles. The first kappa shape index (κ1) is 27.9. The molecule has 13 heteroatoms. The number of amides is 1. The van der Waals surface area contributed by atoms with Gasteiger partial charge in [0.1, 0.15) is 22.8 Å². The molecule has 0 unspecified atom stereocenters. The number of likely N-dealkylation sites (N-methyl/N-ethyl adjacent to an activating group) is 1. The van der Waals surface area contributed by atoms with Gasteiger partial charge in [0.05, 0.1) is 40.7 Å². The number of fused-ring (bicyclic) bond motifs is 3. The number of carbonyl (C=O) groups is 3. The summed E-state index contributed by atoms with van der Waals surface area (Å²) in [5.74, 6) is -9.67. The van der Waals surface area contributed by atoms with Crippen LogP contribution in [-0.2, 0) is 20.0 Å². The summed E-state index contributed by atoms with van der Waals surface area (Å²) in [6.07, 6.45) is -1.87. The van der Waals surface area contributed by atoms with E-state index in [1.807, 2.05) is 0 Å². The Balaban J connectivity index is 0.00000216. The van der Waals surface area contributed by atoms with E-state index < -0.39 is 81.1 Å². The molecule has 0 spiro atoms. The van der Waals surface area contributed by atoms with E-state index in [0.29, 0.717) is 0 Å². The molecule has 1 amide bonds. The highest BCUT2D eigenvalue weighted by Gasteiger charge is 2.70. The van der Waals surface area contributed by atoms with Gasteiger partial charge in [-0.1, -0.05) is 12.1 Å². The van der Waals surface area contributed by atoms with Crippen LogP contribution in [0.25, 0.3) is 5.76 Å². The second-order valence-corrected chi connectivity index (χ2v) is 9.06. The number of ketones is 2. The molecule has 35 heavy (non-hydrogen) atoms. The van der Waals surface area contributed by atoms with Crippen molar-refractivity contribution in [2.24, 2.45) is 17.6 Å². The molecule has 6 atom stereocenters. The van der Waals surface area contributed by atoms with Gasteiger partial charge in [-0.25, -0.2) is 0 Å². The summed E-state index contributed by atoms with van der Waals surface area (Å²) in [6, 6.07) is 2.50. The van der Waals surface area contributed by atoms with E-state index in [-0.39, 0.29) is 22.1 Å². The molecule has 1 fully saturated rings. The van der Waals surface area contributed by atoms with Crippen LogP contribution in [0, 0.1) is 11.8 Å². The second-order valence-electron chi connectivity index (χ2n) is 9.06. The normalized spacial score (nSPS) is 33.9. The van der Waals surface area contributed by atoms with Crippen LogP contribution in [0.1, 0.15) is 18.1 Å². The molecule has 0 aromatic heterocycles. The van der Waals surface area contributed by atoms with Crippen LogP contribution in [0.3, 0.4) is 0 Å². The average molecular weight is 496 g/mol. The Hall–Kier alpha value is -3.33. The average Bonchev–Trinajstić information content (AvgIpc) is 2.70. The molecule has 0 radical (unpaired) electrons. The van der Waals surface area contributed by atoms with E-state index in [0.717, 1.165) is 0 Å². The van der Waals surface area contributed by atoms with Crippen molar-refractivity contribution in [3.05, 3.63) is 46.2 Å². The van der Waals surface area contributed by atoms with Gasteiger partial charge in [-0.05, 0) is 32.6 Å². The Morgan fingerprint density at radius 1 is 1.09 bits per heavy atom. The number of aliphatic hydroxyl groups is 5. The van der Waals surface area contributed by atoms with E-state index in [9.17, 15) is 45.0 Å². The van der Waals surface area contributed by atoms with E-state index in [1.165, 1.54) is 44.1 Å². The standard InChI is InChI=1S/C22H24N2O9.2H2O/c1-21(32)7-5-4-6-8(25)9(7)15(26)10-12(21)17(28)13-14(24(2)3)16(27)11(20(23)31)19(30)22(13,33)18(10)29;;/h4-6,12-14,17,25-26,28,30,32-33H,1-3H3,(H2,23,31);2*1H2/t12-,13-,14-,17-,21+,22+;;/m1../s1. The van der Waals surface area contributed by atoms with Gasteiger partial charge < -0.3 is 47.3 Å². The van der Waals surface area contributed by atoms with Crippen molar-refractivity contribution in [3.8, 4) is 5.75 Å². The molecular formula is C22H28N2O11. The molecule has 0 bridgehead atoms. The highest BCUT2D eigenvalue weighted by atomic mass is 16.4. The summed E-state index contributed by atoms with van der Waals surface area (Å²) in [4.78, 5) is 39.9. The lowest BCUT2D eigenvalue weighted by Crippen LogP contribution is -2.71. The third kappa shape index (κ3) is 3.21. The number of benzene rings is 1. The van der Waals surface area contributed by atoms with Gasteiger partial charge in [-0.2, -0.15) is 0 Å². The van der Waals surface area contributed by atoms with Crippen molar-refractivity contribution in [1.82, 2.24) is 4.90 Å².